The highest BCUT2D eigenvalue weighted by Crippen LogP contribution is 2.33. The van der Waals surface area contributed by atoms with Gasteiger partial charge in [0.05, 0.1) is 29.5 Å². The molecule has 0 spiro atoms. The molecule has 0 bridgehead atoms. The van der Waals surface area contributed by atoms with Crippen LogP contribution in [0.4, 0.5) is 0 Å². The molecule has 1 aromatic rings. The van der Waals surface area contributed by atoms with Crippen LogP contribution in [0.3, 0.4) is 0 Å². The average molecular weight is 509 g/mol. The zero-order valence-corrected chi connectivity index (χ0v) is 22.6. The largest absolute Gasteiger partial charge is 0.373 e. The van der Waals surface area contributed by atoms with Gasteiger partial charge >= 0.3 is 5.69 Å². The Morgan fingerprint density at radius 2 is 1.86 bits per heavy atom. The van der Waals surface area contributed by atoms with Gasteiger partial charge in [-0.2, -0.15) is 0 Å². The maximum Gasteiger partial charge on any atom is 0.330 e. The summed E-state index contributed by atoms with van der Waals surface area (Å²) in [4.78, 5) is 39.5. The van der Waals surface area contributed by atoms with E-state index in [0.29, 0.717) is 26.1 Å². The summed E-state index contributed by atoms with van der Waals surface area (Å²) in [5.41, 5.74) is 3.73. The molecule has 204 valence electrons. The lowest BCUT2D eigenvalue weighted by Gasteiger charge is -2.29. The first kappa shape index (κ1) is 30.0. The lowest BCUT2D eigenvalue weighted by atomic mass is 10.1. The van der Waals surface area contributed by atoms with Gasteiger partial charge in [-0.25, -0.2) is 4.79 Å². The quantitative estimate of drug-likeness (QED) is 0.291. The van der Waals surface area contributed by atoms with Crippen molar-refractivity contribution in [2.45, 2.75) is 103 Å². The minimum atomic E-state index is -0.648. The van der Waals surface area contributed by atoms with Gasteiger partial charge in [0.1, 0.15) is 12.3 Å². The van der Waals surface area contributed by atoms with Crippen LogP contribution in [0.2, 0.25) is 0 Å². The van der Waals surface area contributed by atoms with Crippen LogP contribution in [-0.4, -0.2) is 58.6 Å². The lowest BCUT2D eigenvalue weighted by molar-refractivity contribution is -0.132. The monoisotopic (exact) mass is 508 g/mol. The van der Waals surface area contributed by atoms with Crippen LogP contribution >= 0.6 is 0 Å². The van der Waals surface area contributed by atoms with E-state index >= 15 is 0 Å². The number of aromatic amines is 1. The zero-order valence-electron chi connectivity index (χ0n) is 22.6. The molecular formula is C26H44N4O6. The van der Waals surface area contributed by atoms with E-state index in [4.69, 9.17) is 19.9 Å². The van der Waals surface area contributed by atoms with Crippen LogP contribution < -0.4 is 22.3 Å². The number of ether oxygens (including phenoxy) is 3. The lowest BCUT2D eigenvalue weighted by Crippen LogP contribution is -2.37. The minimum Gasteiger partial charge on any atom is -0.373 e. The number of rotatable bonds is 12. The molecule has 3 atom stereocenters. The molecule has 2 rings (SSSR count). The van der Waals surface area contributed by atoms with Crippen LogP contribution in [-0.2, 0) is 19.0 Å². The maximum absolute atomic E-state index is 12.6. The van der Waals surface area contributed by atoms with Gasteiger partial charge in [0.15, 0.2) is 0 Å². The fourth-order valence-corrected chi connectivity index (χ4v) is 3.82. The van der Waals surface area contributed by atoms with Gasteiger partial charge < -0.3 is 25.3 Å². The van der Waals surface area contributed by atoms with E-state index < -0.39 is 23.1 Å². The number of carbonyl (C=O) groups is 1. The van der Waals surface area contributed by atoms with Crippen LogP contribution in [0, 0.1) is 0 Å². The molecule has 1 aliphatic rings. The van der Waals surface area contributed by atoms with Crippen molar-refractivity contribution >= 4 is 12.0 Å². The van der Waals surface area contributed by atoms with Gasteiger partial charge in [-0.3, -0.25) is 19.1 Å². The molecule has 10 nitrogen and oxygen atoms in total. The van der Waals surface area contributed by atoms with Crippen LogP contribution in [0.25, 0.3) is 6.08 Å². The van der Waals surface area contributed by atoms with Gasteiger partial charge in [0.2, 0.25) is 5.91 Å². The third kappa shape index (κ3) is 10.4. The standard InChI is InChI=1S/C26H44N4O6/c1-25(2,3)34-17-20-19(36-26(4,5)6)15-22(35-20)30-16-18(23(32)29-24(30)33)11-12-21(31)28-14-10-8-7-9-13-27/h11-12,16,19-20,22H,7-10,13-15,17,27H2,1-6H3,(H,28,31)(H,29,32,33)/b12-11+/t19?,20-,22-/m1/s1. The predicted molar refractivity (Wildman–Crippen MR) is 140 cm³/mol. The van der Waals surface area contributed by atoms with Crippen molar-refractivity contribution in [3.8, 4) is 0 Å². The van der Waals surface area contributed by atoms with Gasteiger partial charge in [0, 0.05) is 25.2 Å². The van der Waals surface area contributed by atoms with Gasteiger partial charge in [0.25, 0.3) is 5.56 Å². The summed E-state index contributed by atoms with van der Waals surface area (Å²) in [6.45, 7) is 13.3. The SMILES string of the molecule is CC(C)(C)OC[C@H]1O[C@@H](n2cc(/C=C/C(=O)NCCCCCCN)c(=O)[nH]c2=O)CC1OC(C)(C)C. The number of nitrogens with zero attached hydrogens (tertiary/aromatic N) is 1. The van der Waals surface area contributed by atoms with Crippen LogP contribution in [0.1, 0.15) is 85.4 Å². The minimum absolute atomic E-state index is 0.180. The summed E-state index contributed by atoms with van der Waals surface area (Å²) < 4.78 is 19.6. The Kier molecular flexibility index (Phi) is 11.1. The number of hydrogen-bond acceptors (Lipinski definition) is 7. The Morgan fingerprint density at radius 1 is 1.17 bits per heavy atom. The van der Waals surface area contributed by atoms with E-state index in [0.717, 1.165) is 25.7 Å². The first-order chi connectivity index (χ1) is 16.8. The Balaban J connectivity index is 2.11. The van der Waals surface area contributed by atoms with E-state index in [-0.39, 0.29) is 29.3 Å². The average Bonchev–Trinajstić information content (AvgIpc) is 3.14. The van der Waals surface area contributed by atoms with E-state index in [1.54, 1.807) is 0 Å². The molecule has 2 heterocycles. The number of amides is 1. The molecule has 36 heavy (non-hydrogen) atoms. The van der Waals surface area contributed by atoms with Gasteiger partial charge in [-0.1, -0.05) is 12.8 Å². The fourth-order valence-electron chi connectivity index (χ4n) is 3.82. The van der Waals surface area contributed by atoms with E-state index in [2.05, 4.69) is 10.3 Å². The number of nitrogens with one attached hydrogen (secondary N) is 2. The van der Waals surface area contributed by atoms with Crippen molar-refractivity contribution in [3.63, 3.8) is 0 Å². The summed E-state index contributed by atoms with van der Waals surface area (Å²) in [6, 6.07) is 0. The summed E-state index contributed by atoms with van der Waals surface area (Å²) in [6.07, 6.45) is 7.06. The predicted octanol–water partition coefficient (Wildman–Crippen LogP) is 2.47. The molecule has 10 heteroatoms. The van der Waals surface area contributed by atoms with Crippen molar-refractivity contribution in [2.75, 3.05) is 19.7 Å². The molecule has 0 saturated carbocycles. The van der Waals surface area contributed by atoms with Gasteiger partial charge in [-0.15, -0.1) is 0 Å². The third-order valence-corrected chi connectivity index (χ3v) is 5.52. The second kappa shape index (κ2) is 13.3. The number of aromatic nitrogens is 2. The number of nitrogens with two attached hydrogens (primary N) is 1. The Morgan fingerprint density at radius 3 is 2.50 bits per heavy atom. The van der Waals surface area contributed by atoms with E-state index in [1.165, 1.54) is 22.9 Å². The summed E-state index contributed by atoms with van der Waals surface area (Å²) in [5.74, 6) is -0.305. The zero-order chi connectivity index (χ0) is 26.9. The number of hydrogen-bond donors (Lipinski definition) is 3. The summed E-state index contributed by atoms with van der Waals surface area (Å²) in [7, 11) is 0. The molecule has 1 amide bonds. The normalized spacial score (nSPS) is 20.8. The maximum atomic E-state index is 12.6. The molecule has 1 aromatic heterocycles. The van der Waals surface area contributed by atoms with Crippen LogP contribution in [0.5, 0.6) is 0 Å². The summed E-state index contributed by atoms with van der Waals surface area (Å²) >= 11 is 0. The molecular weight excluding hydrogens is 464 g/mol. The summed E-state index contributed by atoms with van der Waals surface area (Å²) in [5, 5.41) is 2.80. The highest BCUT2D eigenvalue weighted by atomic mass is 16.6. The molecule has 1 fully saturated rings. The Hall–Kier alpha value is -2.27. The number of carbonyl (C=O) groups excluding carboxylic acids is 1. The molecule has 1 aliphatic heterocycles. The van der Waals surface area contributed by atoms with E-state index in [1.807, 2.05) is 41.5 Å². The first-order valence-electron chi connectivity index (χ1n) is 12.8. The molecule has 4 N–H and O–H groups in total. The van der Waals surface area contributed by atoms with Gasteiger partial charge in [-0.05, 0) is 67.0 Å². The Labute approximate surface area is 213 Å². The van der Waals surface area contributed by atoms with Crippen molar-refractivity contribution in [2.24, 2.45) is 5.73 Å². The number of H-pyrrole nitrogens is 1. The third-order valence-electron chi connectivity index (χ3n) is 5.52. The highest BCUT2D eigenvalue weighted by Gasteiger charge is 2.40. The van der Waals surface area contributed by atoms with Crippen molar-refractivity contribution in [1.29, 1.82) is 0 Å². The highest BCUT2D eigenvalue weighted by molar-refractivity contribution is 5.91. The Bertz CT molecular complexity index is 986. The second-order valence-electron chi connectivity index (χ2n) is 11.1. The fraction of sp³-hybridized carbons (Fsp3) is 0.731. The van der Waals surface area contributed by atoms with Crippen LogP contribution in [0.15, 0.2) is 21.9 Å². The van der Waals surface area contributed by atoms with E-state index in [9.17, 15) is 14.4 Å². The molecule has 0 radical (unpaired) electrons. The molecule has 0 aliphatic carbocycles. The van der Waals surface area contributed by atoms with Crippen molar-refractivity contribution in [3.05, 3.63) is 38.7 Å². The molecule has 1 unspecified atom stereocenters. The van der Waals surface area contributed by atoms with Crippen molar-refractivity contribution in [1.82, 2.24) is 14.9 Å². The topological polar surface area (TPSA) is 138 Å². The second-order valence-corrected chi connectivity index (χ2v) is 11.1. The molecule has 0 aromatic carbocycles. The smallest absolute Gasteiger partial charge is 0.330 e. The molecule has 1 saturated heterocycles. The number of unbranched alkanes of at least 4 members (excludes halogenated alkanes) is 3. The van der Waals surface area contributed by atoms with Crippen molar-refractivity contribution < 1.29 is 19.0 Å². The first-order valence-corrected chi connectivity index (χ1v) is 12.8.